The zero-order valence-electron chi connectivity index (χ0n) is 12.3. The number of carboxylic acid groups (broad SMARTS) is 1. The van der Waals surface area contributed by atoms with Gasteiger partial charge < -0.3 is 9.84 Å². The summed E-state index contributed by atoms with van der Waals surface area (Å²) in [6, 6.07) is 12.9. The predicted molar refractivity (Wildman–Crippen MR) is 81.6 cm³/mol. The summed E-state index contributed by atoms with van der Waals surface area (Å²) in [4.78, 5) is 12.7. The summed E-state index contributed by atoms with van der Waals surface area (Å²) in [5.74, 6) is -0.556. The lowest BCUT2D eigenvalue weighted by molar-refractivity contribution is 0.0697. The molecule has 22 heavy (non-hydrogen) atoms. The first kappa shape index (κ1) is 16.0. The molecule has 0 aliphatic carbocycles. The first-order chi connectivity index (χ1) is 10.6. The summed E-state index contributed by atoms with van der Waals surface area (Å²) in [5, 5.41) is 8.81. The van der Waals surface area contributed by atoms with Crippen molar-refractivity contribution in [1.29, 1.82) is 0 Å². The van der Waals surface area contributed by atoms with Crippen molar-refractivity contribution in [3.05, 3.63) is 65.5 Å². The fraction of sp³-hybridized carbons (Fsp3) is 0.235. The molecule has 0 atom stereocenters. The number of carboxylic acids is 1. The van der Waals surface area contributed by atoms with E-state index in [2.05, 4.69) is 0 Å². The van der Waals surface area contributed by atoms with Gasteiger partial charge in [0.25, 0.3) is 0 Å². The Morgan fingerprint density at radius 1 is 1.18 bits per heavy atom. The van der Waals surface area contributed by atoms with Crippen LogP contribution in [0.15, 0.2) is 48.5 Å². The molecule has 0 heterocycles. The minimum Gasteiger partial charge on any atom is -0.492 e. The maximum Gasteiger partial charge on any atom is 0.335 e. The molecule has 0 spiro atoms. The highest BCUT2D eigenvalue weighted by molar-refractivity contribution is 5.87. The second-order valence-corrected chi connectivity index (χ2v) is 5.01. The first-order valence-corrected chi connectivity index (χ1v) is 6.94. The van der Waals surface area contributed by atoms with Crippen LogP contribution in [0.2, 0.25) is 0 Å². The minimum absolute atomic E-state index is 0.209. The largest absolute Gasteiger partial charge is 0.492 e. The van der Waals surface area contributed by atoms with Gasteiger partial charge in [-0.1, -0.05) is 18.2 Å². The van der Waals surface area contributed by atoms with E-state index in [1.807, 2.05) is 18.0 Å². The standard InChI is InChI=1S/C17H18FNO3/c1-19(12-14-4-2-3-5-16(14)18)10-11-22-15-8-6-13(7-9-15)17(20)21/h2-9H,10-12H2,1H3,(H,20,21). The lowest BCUT2D eigenvalue weighted by Crippen LogP contribution is -2.24. The lowest BCUT2D eigenvalue weighted by Gasteiger charge is -2.17. The Hall–Kier alpha value is -2.40. The zero-order valence-corrected chi connectivity index (χ0v) is 12.3. The molecule has 2 aromatic rings. The number of nitrogens with zero attached hydrogens (tertiary/aromatic N) is 1. The molecular formula is C17H18FNO3. The van der Waals surface area contributed by atoms with Crippen molar-refractivity contribution in [2.24, 2.45) is 0 Å². The van der Waals surface area contributed by atoms with Crippen LogP contribution in [0.4, 0.5) is 4.39 Å². The quantitative estimate of drug-likeness (QED) is 0.854. The second-order valence-electron chi connectivity index (χ2n) is 5.01. The van der Waals surface area contributed by atoms with E-state index in [0.29, 0.717) is 31.0 Å². The van der Waals surface area contributed by atoms with Crippen LogP contribution in [0.25, 0.3) is 0 Å². The van der Waals surface area contributed by atoms with E-state index in [4.69, 9.17) is 9.84 Å². The molecule has 2 rings (SSSR count). The molecule has 0 saturated carbocycles. The molecule has 0 fully saturated rings. The molecule has 0 bridgehead atoms. The fourth-order valence-electron chi connectivity index (χ4n) is 2.01. The third-order valence-corrected chi connectivity index (χ3v) is 3.24. The van der Waals surface area contributed by atoms with Crippen molar-refractivity contribution in [3.63, 3.8) is 0 Å². The molecule has 0 unspecified atom stereocenters. The van der Waals surface area contributed by atoms with E-state index >= 15 is 0 Å². The molecule has 116 valence electrons. The molecule has 5 heteroatoms. The summed E-state index contributed by atoms with van der Waals surface area (Å²) in [6.45, 7) is 1.58. The third kappa shape index (κ3) is 4.56. The molecule has 0 aliphatic heterocycles. The molecule has 0 radical (unpaired) electrons. The Morgan fingerprint density at radius 3 is 2.50 bits per heavy atom. The second kappa shape index (κ2) is 7.56. The Balaban J connectivity index is 1.78. The number of hydrogen-bond acceptors (Lipinski definition) is 3. The van der Waals surface area contributed by atoms with Crippen molar-refractivity contribution >= 4 is 5.97 Å². The van der Waals surface area contributed by atoms with E-state index in [9.17, 15) is 9.18 Å². The van der Waals surface area contributed by atoms with Crippen molar-refractivity contribution in [1.82, 2.24) is 4.90 Å². The van der Waals surface area contributed by atoms with Crippen LogP contribution in [0, 0.1) is 5.82 Å². The van der Waals surface area contributed by atoms with Crippen LogP contribution in [-0.2, 0) is 6.54 Å². The van der Waals surface area contributed by atoms with Gasteiger partial charge in [0.1, 0.15) is 18.2 Å². The average molecular weight is 303 g/mol. The van der Waals surface area contributed by atoms with Gasteiger partial charge in [-0.05, 0) is 37.4 Å². The smallest absolute Gasteiger partial charge is 0.335 e. The molecule has 0 aliphatic rings. The maximum atomic E-state index is 13.5. The highest BCUT2D eigenvalue weighted by atomic mass is 19.1. The molecule has 0 saturated heterocycles. The van der Waals surface area contributed by atoms with Crippen molar-refractivity contribution in [2.45, 2.75) is 6.54 Å². The highest BCUT2D eigenvalue weighted by Gasteiger charge is 2.06. The van der Waals surface area contributed by atoms with Gasteiger partial charge in [-0.25, -0.2) is 9.18 Å². The Morgan fingerprint density at radius 2 is 1.86 bits per heavy atom. The van der Waals surface area contributed by atoms with Gasteiger partial charge in [0, 0.05) is 18.7 Å². The maximum absolute atomic E-state index is 13.5. The van der Waals surface area contributed by atoms with Crippen LogP contribution < -0.4 is 4.74 Å². The molecule has 1 N–H and O–H groups in total. The predicted octanol–water partition coefficient (Wildman–Crippen LogP) is 3.03. The number of aromatic carboxylic acids is 1. The minimum atomic E-state index is -0.962. The number of hydrogen-bond donors (Lipinski definition) is 1. The number of halogens is 1. The van der Waals surface area contributed by atoms with Gasteiger partial charge in [-0.15, -0.1) is 0 Å². The zero-order chi connectivity index (χ0) is 15.9. The van der Waals surface area contributed by atoms with Gasteiger partial charge in [-0.2, -0.15) is 0 Å². The van der Waals surface area contributed by atoms with E-state index in [-0.39, 0.29) is 11.4 Å². The molecule has 2 aromatic carbocycles. The van der Waals surface area contributed by atoms with Crippen LogP contribution in [0.5, 0.6) is 5.75 Å². The summed E-state index contributed by atoms with van der Waals surface area (Å²) >= 11 is 0. The van der Waals surface area contributed by atoms with Crippen molar-refractivity contribution in [3.8, 4) is 5.75 Å². The van der Waals surface area contributed by atoms with Crippen LogP contribution in [0.1, 0.15) is 15.9 Å². The Bertz CT molecular complexity index is 628. The summed E-state index contributed by atoms with van der Waals surface area (Å²) in [7, 11) is 1.89. The number of likely N-dealkylation sites (N-methyl/N-ethyl adjacent to an activating group) is 1. The number of rotatable bonds is 7. The van der Waals surface area contributed by atoms with Crippen LogP contribution in [0.3, 0.4) is 0 Å². The molecule has 0 amide bonds. The van der Waals surface area contributed by atoms with Gasteiger partial charge in [-0.3, -0.25) is 4.90 Å². The van der Waals surface area contributed by atoms with Gasteiger partial charge in [0.2, 0.25) is 0 Å². The number of carbonyl (C=O) groups is 1. The number of benzene rings is 2. The summed E-state index contributed by atoms with van der Waals surface area (Å²) in [5.41, 5.74) is 0.875. The summed E-state index contributed by atoms with van der Waals surface area (Å²) < 4.78 is 19.1. The highest BCUT2D eigenvalue weighted by Crippen LogP contribution is 2.12. The van der Waals surface area contributed by atoms with E-state index in [1.54, 1.807) is 24.3 Å². The van der Waals surface area contributed by atoms with E-state index in [1.165, 1.54) is 18.2 Å². The van der Waals surface area contributed by atoms with E-state index in [0.717, 1.165) is 0 Å². The lowest BCUT2D eigenvalue weighted by atomic mass is 10.2. The average Bonchev–Trinajstić information content (AvgIpc) is 2.50. The molecule has 0 aromatic heterocycles. The van der Waals surface area contributed by atoms with Crippen molar-refractivity contribution < 1.29 is 19.0 Å². The SMILES string of the molecule is CN(CCOc1ccc(C(=O)O)cc1)Cc1ccccc1F. The van der Waals surface area contributed by atoms with Gasteiger partial charge in [0.15, 0.2) is 0 Å². The summed E-state index contributed by atoms with van der Waals surface area (Å²) in [6.07, 6.45) is 0. The third-order valence-electron chi connectivity index (χ3n) is 3.24. The van der Waals surface area contributed by atoms with Crippen LogP contribution >= 0.6 is 0 Å². The first-order valence-electron chi connectivity index (χ1n) is 6.94. The monoisotopic (exact) mass is 303 g/mol. The van der Waals surface area contributed by atoms with Gasteiger partial charge >= 0.3 is 5.97 Å². The topological polar surface area (TPSA) is 49.8 Å². The fourth-order valence-corrected chi connectivity index (χ4v) is 2.01. The van der Waals surface area contributed by atoms with Crippen molar-refractivity contribution in [2.75, 3.05) is 20.2 Å². The normalized spacial score (nSPS) is 10.7. The Kier molecular flexibility index (Phi) is 5.49. The van der Waals surface area contributed by atoms with Gasteiger partial charge in [0.05, 0.1) is 5.56 Å². The Labute approximate surface area is 128 Å². The van der Waals surface area contributed by atoms with Crippen LogP contribution in [-0.4, -0.2) is 36.2 Å². The number of ether oxygens (including phenoxy) is 1. The van der Waals surface area contributed by atoms with E-state index < -0.39 is 5.97 Å². The molecular weight excluding hydrogens is 285 g/mol. The molecule has 4 nitrogen and oxygen atoms in total.